The van der Waals surface area contributed by atoms with Crippen molar-refractivity contribution in [2.45, 2.75) is 0 Å². The summed E-state index contributed by atoms with van der Waals surface area (Å²) in [7, 11) is -3.93. The maximum absolute atomic E-state index is 10.4. The fraction of sp³-hybridized carbons (Fsp3) is 0. The summed E-state index contributed by atoms with van der Waals surface area (Å²) >= 11 is 4.70. The molecule has 1 rings (SSSR count). The predicted molar refractivity (Wildman–Crippen MR) is 61.8 cm³/mol. The van der Waals surface area contributed by atoms with E-state index in [1.807, 2.05) is 6.07 Å². The summed E-state index contributed by atoms with van der Waals surface area (Å²) in [4.78, 5) is 0. The van der Waals surface area contributed by atoms with E-state index in [1.165, 1.54) is 0 Å². The Bertz CT molecular complexity index is 415. The van der Waals surface area contributed by atoms with Gasteiger partial charge in [-0.25, -0.2) is 0 Å². The van der Waals surface area contributed by atoms with E-state index in [0.717, 1.165) is 0 Å². The molecule has 0 fully saturated rings. The Morgan fingerprint density at radius 2 is 1.93 bits per heavy atom. The van der Waals surface area contributed by atoms with Crippen LogP contribution in [0.1, 0.15) is 0 Å². The topological polar surface area (TPSA) is 66.4 Å². The van der Waals surface area contributed by atoms with E-state index < -0.39 is 9.15 Å². The molecule has 4 nitrogen and oxygen atoms in total. The highest BCUT2D eigenvalue weighted by atomic mass is 33.2. The summed E-state index contributed by atoms with van der Waals surface area (Å²) in [6.45, 7) is 0. The molecule has 14 heavy (non-hydrogen) atoms. The predicted octanol–water partition coefficient (Wildman–Crippen LogP) is 1.92. The quantitative estimate of drug-likeness (QED) is 0.474. The largest absolute Gasteiger partial charge is 0.340 e. The minimum Gasteiger partial charge on any atom is -0.340 e. The molecule has 0 bridgehead atoms. The van der Waals surface area contributed by atoms with Gasteiger partial charge >= 0.3 is 9.15 Å². The third kappa shape index (κ3) is 4.56. The molecule has 1 aromatic rings. The Balaban J connectivity index is 2.59. The Labute approximate surface area is 90.9 Å². The number of benzene rings is 1. The Morgan fingerprint density at radius 1 is 1.36 bits per heavy atom. The molecule has 0 amide bonds. The summed E-state index contributed by atoms with van der Waals surface area (Å²) < 4.78 is 29.3. The molecule has 0 radical (unpaired) electrons. The first kappa shape index (κ1) is 11.4. The zero-order valence-corrected chi connectivity index (χ0v) is 9.32. The van der Waals surface area contributed by atoms with Crippen LogP contribution in [0.3, 0.4) is 0 Å². The van der Waals surface area contributed by atoms with Crippen molar-refractivity contribution in [2.24, 2.45) is 0 Å². The van der Waals surface area contributed by atoms with Gasteiger partial charge in [-0.2, -0.15) is 8.42 Å². The second kappa shape index (κ2) is 4.74. The lowest BCUT2D eigenvalue weighted by molar-refractivity contribution is 0.503. The molecule has 0 heterocycles. The molecule has 0 aromatic heterocycles. The first-order valence-corrected chi connectivity index (χ1v) is 6.68. The molecule has 1 aromatic carbocycles. The summed E-state index contributed by atoms with van der Waals surface area (Å²) in [5, 5.41) is 2.65. The monoisotopic (exact) mass is 249 g/mol. The van der Waals surface area contributed by atoms with Crippen molar-refractivity contribution in [3.8, 4) is 0 Å². The minimum absolute atomic E-state index is 0.0151. The van der Waals surface area contributed by atoms with Gasteiger partial charge in [0.05, 0.1) is 10.8 Å². The van der Waals surface area contributed by atoms with Gasteiger partial charge in [0.1, 0.15) is 0 Å². The van der Waals surface area contributed by atoms with Crippen molar-refractivity contribution in [2.75, 3.05) is 5.32 Å². The number of para-hydroxylation sites is 1. The number of nitrogens with one attached hydrogen (secondary N) is 1. The van der Waals surface area contributed by atoms with Gasteiger partial charge in [0.25, 0.3) is 0 Å². The maximum Gasteiger partial charge on any atom is 0.326 e. The van der Waals surface area contributed by atoms with E-state index in [9.17, 15) is 8.42 Å². The van der Waals surface area contributed by atoms with Crippen LogP contribution in [-0.2, 0) is 9.15 Å². The van der Waals surface area contributed by atoms with Crippen LogP contribution in [0.25, 0.3) is 0 Å². The molecule has 0 unspecified atom stereocenters. The molecule has 0 aliphatic carbocycles. The van der Waals surface area contributed by atoms with E-state index in [4.69, 9.17) is 16.8 Å². The van der Waals surface area contributed by atoms with Gasteiger partial charge in [0.15, 0.2) is 4.32 Å². The summed E-state index contributed by atoms with van der Waals surface area (Å²) in [5.74, 6) is 0. The SMILES string of the molecule is O=S(=O)(O)SC(=S)Nc1ccccc1. The van der Waals surface area contributed by atoms with Crippen LogP contribution in [-0.4, -0.2) is 17.3 Å². The van der Waals surface area contributed by atoms with Gasteiger partial charge in [-0.05, 0) is 12.1 Å². The molecule has 0 aliphatic heterocycles. The van der Waals surface area contributed by atoms with E-state index >= 15 is 0 Å². The van der Waals surface area contributed by atoms with E-state index in [-0.39, 0.29) is 15.1 Å². The minimum atomic E-state index is -4.13. The molecule has 2 N–H and O–H groups in total. The molecule has 0 aliphatic rings. The molecular weight excluding hydrogens is 242 g/mol. The fourth-order valence-corrected chi connectivity index (χ4v) is 2.70. The Morgan fingerprint density at radius 3 is 2.43 bits per heavy atom. The molecule has 0 saturated heterocycles. The lowest BCUT2D eigenvalue weighted by Crippen LogP contribution is -2.07. The normalized spacial score (nSPS) is 10.9. The average Bonchev–Trinajstić information content (AvgIpc) is 2.02. The van der Waals surface area contributed by atoms with Gasteiger partial charge in [-0.15, -0.1) is 0 Å². The smallest absolute Gasteiger partial charge is 0.326 e. The average molecular weight is 249 g/mol. The van der Waals surface area contributed by atoms with Crippen molar-refractivity contribution in [1.29, 1.82) is 0 Å². The van der Waals surface area contributed by atoms with Crippen molar-refractivity contribution in [3.05, 3.63) is 30.3 Å². The first-order valence-electron chi connectivity index (χ1n) is 3.50. The third-order valence-corrected chi connectivity index (χ3v) is 3.47. The van der Waals surface area contributed by atoms with Crippen molar-refractivity contribution in [3.63, 3.8) is 0 Å². The molecule has 76 valence electrons. The van der Waals surface area contributed by atoms with E-state index in [1.54, 1.807) is 24.3 Å². The fourth-order valence-electron chi connectivity index (χ4n) is 0.756. The van der Waals surface area contributed by atoms with E-state index in [2.05, 4.69) is 5.32 Å². The van der Waals surface area contributed by atoms with Crippen LogP contribution in [0, 0.1) is 0 Å². The van der Waals surface area contributed by atoms with Crippen molar-refractivity contribution < 1.29 is 13.0 Å². The molecule has 0 spiro atoms. The summed E-state index contributed by atoms with van der Waals surface area (Å²) in [6.07, 6.45) is 0. The van der Waals surface area contributed by atoms with Gasteiger partial charge in [0, 0.05) is 5.69 Å². The number of rotatable bonds is 2. The summed E-state index contributed by atoms with van der Waals surface area (Å²) in [6, 6.07) is 8.85. The number of thiocarbonyl (C=S) groups is 1. The van der Waals surface area contributed by atoms with Crippen LogP contribution in [0.15, 0.2) is 30.3 Å². The highest BCUT2D eigenvalue weighted by molar-refractivity contribution is 8.77. The zero-order valence-electron chi connectivity index (χ0n) is 6.88. The molecule has 0 atom stereocenters. The number of hydrogen-bond acceptors (Lipinski definition) is 4. The second-order valence-corrected chi connectivity index (χ2v) is 6.15. The van der Waals surface area contributed by atoms with Gasteiger partial charge < -0.3 is 5.32 Å². The third-order valence-electron chi connectivity index (χ3n) is 1.20. The Hall–Kier alpha value is -0.630. The van der Waals surface area contributed by atoms with Crippen LogP contribution >= 0.6 is 23.0 Å². The molecule has 7 heteroatoms. The van der Waals surface area contributed by atoms with Gasteiger partial charge in [-0.1, -0.05) is 30.4 Å². The second-order valence-electron chi connectivity index (χ2n) is 2.29. The molecular formula is C7H7NO3S3. The van der Waals surface area contributed by atoms with Crippen LogP contribution in [0.4, 0.5) is 5.69 Å². The standard InChI is InChI=1S/C7H7NO3S3/c9-14(10,11)13-7(12)8-6-4-2-1-3-5-6/h1-5H,(H,8,12)(H,9,10,11). The number of anilines is 1. The first-order chi connectivity index (χ1) is 6.47. The van der Waals surface area contributed by atoms with E-state index in [0.29, 0.717) is 5.69 Å². The molecule has 0 saturated carbocycles. The Kier molecular flexibility index (Phi) is 3.87. The highest BCUT2D eigenvalue weighted by Crippen LogP contribution is 2.15. The number of hydrogen-bond donors (Lipinski definition) is 2. The van der Waals surface area contributed by atoms with Crippen LogP contribution in [0.5, 0.6) is 0 Å². The van der Waals surface area contributed by atoms with Gasteiger partial charge in [0.2, 0.25) is 0 Å². The lowest BCUT2D eigenvalue weighted by atomic mass is 10.3. The zero-order chi connectivity index (χ0) is 10.6. The van der Waals surface area contributed by atoms with Crippen LogP contribution < -0.4 is 5.32 Å². The van der Waals surface area contributed by atoms with Crippen molar-refractivity contribution >= 4 is 42.2 Å². The van der Waals surface area contributed by atoms with Gasteiger partial charge in [-0.3, -0.25) is 4.55 Å². The summed E-state index contributed by atoms with van der Waals surface area (Å²) in [5.41, 5.74) is 0.675. The lowest BCUT2D eigenvalue weighted by Gasteiger charge is -2.04. The maximum atomic E-state index is 10.4. The van der Waals surface area contributed by atoms with Crippen molar-refractivity contribution in [1.82, 2.24) is 0 Å². The highest BCUT2D eigenvalue weighted by Gasteiger charge is 2.10. The van der Waals surface area contributed by atoms with Crippen LogP contribution in [0.2, 0.25) is 0 Å².